The Hall–Kier alpha value is -2.28. The van der Waals surface area contributed by atoms with E-state index < -0.39 is 17.5 Å². The maximum absolute atomic E-state index is 11.8. The number of rotatable bonds is 1. The van der Waals surface area contributed by atoms with E-state index in [2.05, 4.69) is 11.8 Å². The number of carbonyl (C=O) groups excluding carboxylic acids is 2. The number of amides is 1. The second kappa shape index (κ2) is 5.37. The van der Waals surface area contributed by atoms with Gasteiger partial charge >= 0.3 is 5.97 Å². The third-order valence-electron chi connectivity index (χ3n) is 1.83. The van der Waals surface area contributed by atoms with E-state index in [1.54, 1.807) is 45.0 Å². The first-order valence-corrected chi connectivity index (χ1v) is 5.43. The number of primary amides is 1. The molecule has 1 rings (SSSR count). The molecule has 1 amide bonds. The number of carbonyl (C=O) groups is 2. The van der Waals surface area contributed by atoms with Gasteiger partial charge in [-0.25, -0.2) is 4.79 Å². The van der Waals surface area contributed by atoms with Gasteiger partial charge in [0.15, 0.2) is 0 Å². The van der Waals surface area contributed by atoms with Crippen molar-refractivity contribution in [3.63, 3.8) is 0 Å². The van der Waals surface area contributed by atoms with Crippen molar-refractivity contribution in [2.75, 3.05) is 0 Å². The molecule has 0 bridgehead atoms. The van der Waals surface area contributed by atoms with Crippen LogP contribution in [0.25, 0.3) is 0 Å². The topological polar surface area (TPSA) is 69.4 Å². The SMILES string of the molecule is CC(C)(C)OC(=O)c1cccc(C#CC(N)=O)c1. The second-order valence-electron chi connectivity index (χ2n) is 4.70. The molecule has 94 valence electrons. The summed E-state index contributed by atoms with van der Waals surface area (Å²) in [4.78, 5) is 22.3. The van der Waals surface area contributed by atoms with Crippen molar-refractivity contribution in [1.82, 2.24) is 0 Å². The molecule has 0 atom stereocenters. The number of esters is 1. The molecule has 1 aromatic carbocycles. The predicted octanol–water partition coefficient (Wildman–Crippen LogP) is 1.48. The highest BCUT2D eigenvalue weighted by Crippen LogP contribution is 2.12. The molecule has 0 aromatic heterocycles. The summed E-state index contributed by atoms with van der Waals surface area (Å²) in [5.74, 6) is 3.65. The molecule has 2 N–H and O–H groups in total. The van der Waals surface area contributed by atoms with Crippen LogP contribution in [0.3, 0.4) is 0 Å². The Morgan fingerprint density at radius 3 is 2.50 bits per heavy atom. The van der Waals surface area contributed by atoms with Gasteiger partial charge < -0.3 is 10.5 Å². The molecule has 0 radical (unpaired) electrons. The van der Waals surface area contributed by atoms with Gasteiger partial charge in [-0.3, -0.25) is 4.79 Å². The smallest absolute Gasteiger partial charge is 0.338 e. The van der Waals surface area contributed by atoms with Crippen LogP contribution in [0.15, 0.2) is 24.3 Å². The van der Waals surface area contributed by atoms with E-state index in [0.29, 0.717) is 11.1 Å². The van der Waals surface area contributed by atoms with Crippen LogP contribution in [0, 0.1) is 11.8 Å². The highest BCUT2D eigenvalue weighted by atomic mass is 16.6. The molecule has 0 aliphatic heterocycles. The Labute approximate surface area is 106 Å². The van der Waals surface area contributed by atoms with Gasteiger partial charge in [-0.2, -0.15) is 0 Å². The summed E-state index contributed by atoms with van der Waals surface area (Å²) in [7, 11) is 0. The van der Waals surface area contributed by atoms with Gasteiger partial charge in [-0.15, -0.1) is 0 Å². The number of hydrogen-bond acceptors (Lipinski definition) is 3. The normalized spacial score (nSPS) is 10.2. The van der Waals surface area contributed by atoms with Gasteiger partial charge in [-0.05, 0) is 44.9 Å². The molecule has 0 spiro atoms. The molecule has 4 nitrogen and oxygen atoms in total. The van der Waals surface area contributed by atoms with E-state index in [9.17, 15) is 9.59 Å². The van der Waals surface area contributed by atoms with E-state index in [4.69, 9.17) is 10.5 Å². The zero-order chi connectivity index (χ0) is 13.8. The van der Waals surface area contributed by atoms with Crippen LogP contribution in [-0.4, -0.2) is 17.5 Å². The fourth-order valence-corrected chi connectivity index (χ4v) is 1.19. The van der Waals surface area contributed by atoms with E-state index in [1.807, 2.05) is 0 Å². The number of ether oxygens (including phenoxy) is 1. The molecule has 0 saturated heterocycles. The molecule has 0 unspecified atom stereocenters. The van der Waals surface area contributed by atoms with Gasteiger partial charge in [0.25, 0.3) is 5.91 Å². The van der Waals surface area contributed by atoms with Crippen molar-refractivity contribution in [2.45, 2.75) is 26.4 Å². The molecular weight excluding hydrogens is 230 g/mol. The Morgan fingerprint density at radius 2 is 1.94 bits per heavy atom. The van der Waals surface area contributed by atoms with Crippen LogP contribution in [0.4, 0.5) is 0 Å². The van der Waals surface area contributed by atoms with Crippen LogP contribution >= 0.6 is 0 Å². The van der Waals surface area contributed by atoms with Crippen molar-refractivity contribution in [2.24, 2.45) is 5.73 Å². The van der Waals surface area contributed by atoms with Crippen molar-refractivity contribution in [1.29, 1.82) is 0 Å². The van der Waals surface area contributed by atoms with Gasteiger partial charge in [0, 0.05) is 5.56 Å². The van der Waals surface area contributed by atoms with Gasteiger partial charge in [0.1, 0.15) is 5.60 Å². The largest absolute Gasteiger partial charge is 0.456 e. The molecule has 0 saturated carbocycles. The van der Waals surface area contributed by atoms with Crippen molar-refractivity contribution >= 4 is 11.9 Å². The minimum absolute atomic E-state index is 0.390. The molecule has 0 aliphatic carbocycles. The molecule has 0 heterocycles. The number of nitrogens with two attached hydrogens (primary N) is 1. The first-order valence-electron chi connectivity index (χ1n) is 5.43. The predicted molar refractivity (Wildman–Crippen MR) is 67.7 cm³/mol. The summed E-state index contributed by atoms with van der Waals surface area (Å²) < 4.78 is 5.23. The minimum Gasteiger partial charge on any atom is -0.456 e. The van der Waals surface area contributed by atoms with Crippen LogP contribution in [-0.2, 0) is 9.53 Å². The highest BCUT2D eigenvalue weighted by molar-refractivity contribution is 5.93. The average Bonchev–Trinajstić information content (AvgIpc) is 2.24. The minimum atomic E-state index is -0.710. The molecule has 0 aliphatic rings. The lowest BCUT2D eigenvalue weighted by Gasteiger charge is -2.19. The summed E-state index contributed by atoms with van der Waals surface area (Å²) in [5.41, 5.74) is 5.30. The van der Waals surface area contributed by atoms with Crippen LogP contribution in [0.1, 0.15) is 36.7 Å². The van der Waals surface area contributed by atoms with E-state index in [1.165, 1.54) is 0 Å². The molecular formula is C14H15NO3. The molecule has 1 aromatic rings. The van der Waals surface area contributed by atoms with Crippen LogP contribution in [0.5, 0.6) is 0 Å². The van der Waals surface area contributed by atoms with Gasteiger partial charge in [-0.1, -0.05) is 12.0 Å². The monoisotopic (exact) mass is 245 g/mol. The van der Waals surface area contributed by atoms with Crippen molar-refractivity contribution in [3.8, 4) is 11.8 Å². The summed E-state index contributed by atoms with van der Waals surface area (Å²) in [6.07, 6.45) is 0. The summed E-state index contributed by atoms with van der Waals surface area (Å²) in [6.45, 7) is 5.38. The lowest BCUT2D eigenvalue weighted by Crippen LogP contribution is -2.23. The zero-order valence-electron chi connectivity index (χ0n) is 10.6. The molecule has 4 heteroatoms. The number of benzene rings is 1. The van der Waals surface area contributed by atoms with E-state index >= 15 is 0 Å². The molecule has 0 fully saturated rings. The lowest BCUT2D eigenvalue weighted by atomic mass is 10.1. The Kier molecular flexibility index (Phi) is 4.11. The van der Waals surface area contributed by atoms with Crippen molar-refractivity contribution < 1.29 is 14.3 Å². The first-order chi connectivity index (χ1) is 8.28. The van der Waals surface area contributed by atoms with E-state index in [-0.39, 0.29) is 0 Å². The highest BCUT2D eigenvalue weighted by Gasteiger charge is 2.17. The Morgan fingerprint density at radius 1 is 1.28 bits per heavy atom. The van der Waals surface area contributed by atoms with E-state index in [0.717, 1.165) is 0 Å². The maximum atomic E-state index is 11.8. The summed E-state index contributed by atoms with van der Waals surface area (Å²) in [5, 5.41) is 0. The third kappa shape index (κ3) is 4.71. The summed E-state index contributed by atoms with van der Waals surface area (Å²) in [6, 6.07) is 6.54. The fourth-order valence-electron chi connectivity index (χ4n) is 1.19. The Bertz CT molecular complexity index is 530. The quantitative estimate of drug-likeness (QED) is 0.601. The first kappa shape index (κ1) is 13.8. The second-order valence-corrected chi connectivity index (χ2v) is 4.70. The fraction of sp³-hybridized carbons (Fsp3) is 0.286. The van der Waals surface area contributed by atoms with Gasteiger partial charge in [0.2, 0.25) is 0 Å². The number of hydrogen-bond donors (Lipinski definition) is 1. The zero-order valence-corrected chi connectivity index (χ0v) is 10.6. The lowest BCUT2D eigenvalue weighted by molar-refractivity contribution is -0.112. The Balaban J connectivity index is 2.93. The average molecular weight is 245 g/mol. The molecule has 18 heavy (non-hydrogen) atoms. The van der Waals surface area contributed by atoms with Crippen LogP contribution in [0.2, 0.25) is 0 Å². The summed E-state index contributed by atoms with van der Waals surface area (Å²) >= 11 is 0. The standard InChI is InChI=1S/C14H15NO3/c1-14(2,3)18-13(17)11-6-4-5-10(9-11)7-8-12(15)16/h4-6,9H,1-3H3,(H2,15,16). The maximum Gasteiger partial charge on any atom is 0.338 e. The van der Waals surface area contributed by atoms with Crippen LogP contribution < -0.4 is 5.73 Å². The van der Waals surface area contributed by atoms with Crippen molar-refractivity contribution in [3.05, 3.63) is 35.4 Å². The third-order valence-corrected chi connectivity index (χ3v) is 1.83. The van der Waals surface area contributed by atoms with Gasteiger partial charge in [0.05, 0.1) is 5.56 Å².